The van der Waals surface area contributed by atoms with Crippen molar-refractivity contribution in [2.24, 2.45) is 0 Å². The van der Waals surface area contributed by atoms with E-state index in [4.69, 9.17) is 4.74 Å². The number of ether oxygens (including phenoxy) is 1. The molecule has 0 aliphatic heterocycles. The quantitative estimate of drug-likeness (QED) is 0.709. The first-order valence-electron chi connectivity index (χ1n) is 8.54. The average Bonchev–Trinajstić information content (AvgIpc) is 2.58. The normalized spacial score (nSPS) is 12.5. The topological polar surface area (TPSA) is 32.7 Å². The molecule has 2 rings (SSSR count). The molecule has 0 saturated heterocycles. The molecule has 0 radical (unpaired) electrons. The lowest BCUT2D eigenvalue weighted by Gasteiger charge is -2.25. The van der Waals surface area contributed by atoms with Crippen LogP contribution in [-0.4, -0.2) is 35.8 Å². The zero-order valence-corrected chi connectivity index (χ0v) is 14.5. The Morgan fingerprint density at radius 1 is 1.12 bits per heavy atom. The number of hydrogen-bond donors (Lipinski definition) is 1. The molecule has 136 valence electrons. The Morgan fingerprint density at radius 2 is 1.88 bits per heavy atom. The molecule has 25 heavy (non-hydrogen) atoms. The van der Waals surface area contributed by atoms with E-state index < -0.39 is 17.7 Å². The SMILES string of the molecule is CCCN(Cc1ccc(F)cc1F)CC(O)COCc1ccccc1. The van der Waals surface area contributed by atoms with E-state index in [1.54, 1.807) is 0 Å². The molecule has 0 bridgehead atoms. The van der Waals surface area contributed by atoms with Gasteiger partial charge in [0, 0.05) is 24.7 Å². The number of halogens is 2. The lowest BCUT2D eigenvalue weighted by atomic mass is 10.1. The van der Waals surface area contributed by atoms with Gasteiger partial charge in [-0.15, -0.1) is 0 Å². The van der Waals surface area contributed by atoms with Crippen LogP contribution in [0.1, 0.15) is 24.5 Å². The zero-order chi connectivity index (χ0) is 18.1. The van der Waals surface area contributed by atoms with Crippen molar-refractivity contribution in [1.29, 1.82) is 0 Å². The lowest BCUT2D eigenvalue weighted by molar-refractivity contribution is 0.00841. The molecule has 0 fully saturated rings. The molecule has 0 aliphatic rings. The van der Waals surface area contributed by atoms with Gasteiger partial charge in [0.05, 0.1) is 19.3 Å². The molecule has 3 nitrogen and oxygen atoms in total. The van der Waals surface area contributed by atoms with Crippen molar-refractivity contribution < 1.29 is 18.6 Å². The van der Waals surface area contributed by atoms with Gasteiger partial charge in [0.1, 0.15) is 11.6 Å². The standard InChI is InChI=1S/C20H25F2NO2/c1-2-10-23(12-17-8-9-18(21)11-20(17)22)13-19(24)15-25-14-16-6-4-3-5-7-16/h3-9,11,19,24H,2,10,12-15H2,1H3. The van der Waals surface area contributed by atoms with Gasteiger partial charge in [-0.25, -0.2) is 8.78 Å². The first-order chi connectivity index (χ1) is 12.1. The Labute approximate surface area is 147 Å². The minimum Gasteiger partial charge on any atom is -0.389 e. The molecule has 1 N–H and O–H groups in total. The summed E-state index contributed by atoms with van der Waals surface area (Å²) < 4.78 is 32.4. The van der Waals surface area contributed by atoms with E-state index in [2.05, 4.69) is 0 Å². The summed E-state index contributed by atoms with van der Waals surface area (Å²) in [5.41, 5.74) is 1.47. The smallest absolute Gasteiger partial charge is 0.130 e. The van der Waals surface area contributed by atoms with Gasteiger partial charge in [-0.1, -0.05) is 43.3 Å². The summed E-state index contributed by atoms with van der Waals surface area (Å²) in [4.78, 5) is 1.95. The van der Waals surface area contributed by atoms with Gasteiger partial charge >= 0.3 is 0 Å². The van der Waals surface area contributed by atoms with Gasteiger partial charge in [-0.3, -0.25) is 4.90 Å². The van der Waals surface area contributed by atoms with E-state index in [-0.39, 0.29) is 6.61 Å². The predicted octanol–water partition coefficient (Wildman–Crippen LogP) is 3.75. The highest BCUT2D eigenvalue weighted by atomic mass is 19.1. The molecule has 0 amide bonds. The first kappa shape index (κ1) is 19.5. The van der Waals surface area contributed by atoms with Gasteiger partial charge in [0.2, 0.25) is 0 Å². The molecule has 0 spiro atoms. The van der Waals surface area contributed by atoms with Crippen LogP contribution in [0.3, 0.4) is 0 Å². The van der Waals surface area contributed by atoms with Crippen LogP contribution in [0, 0.1) is 11.6 Å². The molecular weight excluding hydrogens is 324 g/mol. The number of aliphatic hydroxyl groups excluding tert-OH is 1. The first-order valence-corrected chi connectivity index (χ1v) is 8.54. The number of rotatable bonds is 10. The Hall–Kier alpha value is -1.82. The highest BCUT2D eigenvalue weighted by molar-refractivity contribution is 5.18. The van der Waals surface area contributed by atoms with Crippen molar-refractivity contribution >= 4 is 0 Å². The van der Waals surface area contributed by atoms with Crippen LogP contribution in [-0.2, 0) is 17.9 Å². The number of aliphatic hydroxyl groups is 1. The van der Waals surface area contributed by atoms with Crippen molar-refractivity contribution in [3.8, 4) is 0 Å². The Balaban J connectivity index is 1.82. The average molecular weight is 349 g/mol. The predicted molar refractivity (Wildman–Crippen MR) is 94.0 cm³/mol. The molecule has 0 heterocycles. The van der Waals surface area contributed by atoms with Crippen LogP contribution in [0.5, 0.6) is 0 Å². The molecule has 1 atom stereocenters. The van der Waals surface area contributed by atoms with Gasteiger partial charge in [0.25, 0.3) is 0 Å². The fourth-order valence-corrected chi connectivity index (χ4v) is 2.68. The van der Waals surface area contributed by atoms with Crippen LogP contribution < -0.4 is 0 Å². The maximum atomic E-state index is 13.8. The fraction of sp³-hybridized carbons (Fsp3) is 0.400. The third-order valence-electron chi connectivity index (χ3n) is 3.84. The van der Waals surface area contributed by atoms with E-state index in [1.807, 2.05) is 42.2 Å². The van der Waals surface area contributed by atoms with Crippen LogP contribution in [0.25, 0.3) is 0 Å². The molecular formula is C20H25F2NO2. The van der Waals surface area contributed by atoms with Crippen molar-refractivity contribution in [2.75, 3.05) is 19.7 Å². The van der Waals surface area contributed by atoms with Crippen molar-refractivity contribution in [1.82, 2.24) is 4.90 Å². The fourth-order valence-electron chi connectivity index (χ4n) is 2.68. The summed E-state index contributed by atoms with van der Waals surface area (Å²) in [7, 11) is 0. The van der Waals surface area contributed by atoms with E-state index in [0.29, 0.717) is 31.8 Å². The summed E-state index contributed by atoms with van der Waals surface area (Å²) in [5.74, 6) is -1.14. The van der Waals surface area contributed by atoms with Crippen molar-refractivity contribution in [2.45, 2.75) is 32.6 Å². The molecule has 2 aromatic rings. The van der Waals surface area contributed by atoms with E-state index in [9.17, 15) is 13.9 Å². The lowest BCUT2D eigenvalue weighted by Crippen LogP contribution is -2.35. The van der Waals surface area contributed by atoms with Crippen LogP contribution >= 0.6 is 0 Å². The highest BCUT2D eigenvalue weighted by Crippen LogP contribution is 2.13. The minimum absolute atomic E-state index is 0.209. The second kappa shape index (κ2) is 10.2. The second-order valence-electron chi connectivity index (χ2n) is 6.13. The molecule has 0 saturated carbocycles. The van der Waals surface area contributed by atoms with E-state index in [0.717, 1.165) is 18.1 Å². The van der Waals surface area contributed by atoms with Gasteiger partial charge in [-0.05, 0) is 24.6 Å². The van der Waals surface area contributed by atoms with Crippen molar-refractivity contribution in [3.63, 3.8) is 0 Å². The van der Waals surface area contributed by atoms with E-state index >= 15 is 0 Å². The molecule has 5 heteroatoms. The summed E-state index contributed by atoms with van der Waals surface area (Å²) in [6.07, 6.45) is 0.208. The summed E-state index contributed by atoms with van der Waals surface area (Å²) in [6, 6.07) is 13.3. The highest BCUT2D eigenvalue weighted by Gasteiger charge is 2.14. The van der Waals surface area contributed by atoms with Crippen LogP contribution in [0.15, 0.2) is 48.5 Å². The Bertz CT molecular complexity index is 637. The van der Waals surface area contributed by atoms with Crippen LogP contribution in [0.4, 0.5) is 8.78 Å². The second-order valence-corrected chi connectivity index (χ2v) is 6.13. The van der Waals surface area contributed by atoms with Gasteiger partial charge in [0.15, 0.2) is 0 Å². The Morgan fingerprint density at radius 3 is 2.56 bits per heavy atom. The maximum absolute atomic E-state index is 13.8. The molecule has 2 aromatic carbocycles. The summed E-state index contributed by atoms with van der Waals surface area (Å²) in [5, 5.41) is 10.2. The summed E-state index contributed by atoms with van der Waals surface area (Å²) in [6.45, 7) is 4.09. The van der Waals surface area contributed by atoms with Gasteiger partial charge in [-0.2, -0.15) is 0 Å². The molecule has 0 aromatic heterocycles. The zero-order valence-electron chi connectivity index (χ0n) is 14.5. The van der Waals surface area contributed by atoms with E-state index in [1.165, 1.54) is 12.1 Å². The van der Waals surface area contributed by atoms with Gasteiger partial charge < -0.3 is 9.84 Å². The number of hydrogen-bond acceptors (Lipinski definition) is 3. The van der Waals surface area contributed by atoms with Crippen LogP contribution in [0.2, 0.25) is 0 Å². The molecule has 0 aliphatic carbocycles. The number of benzene rings is 2. The third kappa shape index (κ3) is 6.90. The van der Waals surface area contributed by atoms with Crippen molar-refractivity contribution in [3.05, 3.63) is 71.3 Å². The third-order valence-corrected chi connectivity index (χ3v) is 3.84. The Kier molecular flexibility index (Phi) is 7.98. The maximum Gasteiger partial charge on any atom is 0.130 e. The monoisotopic (exact) mass is 349 g/mol. The summed E-state index contributed by atoms with van der Waals surface area (Å²) >= 11 is 0. The largest absolute Gasteiger partial charge is 0.389 e. The number of nitrogens with zero attached hydrogens (tertiary/aromatic N) is 1. The molecule has 1 unspecified atom stereocenters. The minimum atomic E-state index is -0.668.